The van der Waals surface area contributed by atoms with Crippen molar-refractivity contribution in [2.24, 2.45) is 0 Å². The minimum absolute atomic E-state index is 0.0713. The molecule has 0 fully saturated rings. The van der Waals surface area contributed by atoms with E-state index in [-0.39, 0.29) is 5.78 Å². The molecule has 0 saturated heterocycles. The Hall–Kier alpha value is -2.13. The molecule has 1 heterocycles. The van der Waals surface area contributed by atoms with E-state index in [2.05, 4.69) is 0 Å². The van der Waals surface area contributed by atoms with Gasteiger partial charge in [0.2, 0.25) is 5.78 Å². The van der Waals surface area contributed by atoms with Gasteiger partial charge in [-0.2, -0.15) is 0 Å². The number of benzene rings is 2. The van der Waals surface area contributed by atoms with Crippen molar-refractivity contribution in [1.82, 2.24) is 0 Å². The lowest BCUT2D eigenvalue weighted by Gasteiger charge is -2.09. The molecule has 0 aliphatic heterocycles. The first-order valence-electron chi connectivity index (χ1n) is 6.37. The molecule has 2 aromatic carbocycles. The van der Waals surface area contributed by atoms with Crippen LogP contribution < -0.4 is 4.74 Å². The number of rotatable bonds is 3. The maximum atomic E-state index is 12.6. The predicted molar refractivity (Wildman–Crippen MR) is 83.0 cm³/mol. The quantitative estimate of drug-likeness (QED) is 0.663. The van der Waals surface area contributed by atoms with Gasteiger partial charge in [0, 0.05) is 15.8 Å². The minimum Gasteiger partial charge on any atom is -0.496 e. The first-order valence-corrected chi connectivity index (χ1v) is 7.19. The first-order chi connectivity index (χ1) is 9.70. The van der Waals surface area contributed by atoms with E-state index in [1.807, 2.05) is 55.5 Å². The fourth-order valence-corrected chi connectivity index (χ4v) is 3.16. The van der Waals surface area contributed by atoms with Crippen molar-refractivity contribution in [2.75, 3.05) is 7.11 Å². The van der Waals surface area contributed by atoms with Crippen molar-refractivity contribution in [2.45, 2.75) is 6.92 Å². The van der Waals surface area contributed by atoms with Crippen molar-refractivity contribution >= 4 is 27.9 Å². The second-order valence-electron chi connectivity index (χ2n) is 4.60. The molecule has 0 radical (unpaired) electrons. The van der Waals surface area contributed by atoms with Crippen LogP contribution in [0.1, 0.15) is 20.1 Å². The van der Waals surface area contributed by atoms with Crippen LogP contribution in [0.3, 0.4) is 0 Å². The van der Waals surface area contributed by atoms with Crippen LogP contribution in [0.5, 0.6) is 5.75 Å². The summed E-state index contributed by atoms with van der Waals surface area (Å²) >= 11 is 1.53. The molecule has 0 bridgehead atoms. The summed E-state index contributed by atoms with van der Waals surface area (Å²) in [7, 11) is 1.64. The number of methoxy groups -OCH3 is 1. The summed E-state index contributed by atoms with van der Waals surface area (Å²) in [4.78, 5) is 14.6. The van der Waals surface area contributed by atoms with Crippen LogP contribution in [0.2, 0.25) is 0 Å². The average Bonchev–Trinajstić information content (AvgIpc) is 2.92. The third-order valence-electron chi connectivity index (χ3n) is 3.31. The number of aryl methyl sites for hydroxylation is 1. The van der Waals surface area contributed by atoms with Gasteiger partial charge in [-0.05, 0) is 36.6 Å². The molecule has 3 heteroatoms. The number of hydrogen-bond acceptors (Lipinski definition) is 3. The number of thiophene rings is 1. The maximum absolute atomic E-state index is 12.6. The highest BCUT2D eigenvalue weighted by atomic mass is 32.1. The van der Waals surface area contributed by atoms with E-state index in [9.17, 15) is 4.79 Å². The SMILES string of the molecule is COc1ccc(C(=O)c2ccc(C)s2)c2ccccc12. The zero-order chi connectivity index (χ0) is 14.1. The second-order valence-corrected chi connectivity index (χ2v) is 5.89. The number of ether oxygens (including phenoxy) is 1. The van der Waals surface area contributed by atoms with Crippen LogP contribution in [0.25, 0.3) is 10.8 Å². The fraction of sp³-hybridized carbons (Fsp3) is 0.118. The van der Waals surface area contributed by atoms with Crippen LogP contribution in [-0.4, -0.2) is 12.9 Å². The predicted octanol–water partition coefficient (Wildman–Crippen LogP) is 4.45. The summed E-state index contributed by atoms with van der Waals surface area (Å²) in [6.45, 7) is 2.01. The van der Waals surface area contributed by atoms with Gasteiger partial charge >= 0.3 is 0 Å². The highest BCUT2D eigenvalue weighted by Gasteiger charge is 2.15. The molecule has 20 heavy (non-hydrogen) atoms. The van der Waals surface area contributed by atoms with Crippen LogP contribution in [0.15, 0.2) is 48.5 Å². The Morgan fingerprint density at radius 3 is 2.40 bits per heavy atom. The van der Waals surface area contributed by atoms with Crippen LogP contribution in [0, 0.1) is 6.92 Å². The summed E-state index contributed by atoms with van der Waals surface area (Å²) in [5.41, 5.74) is 0.725. The molecule has 0 N–H and O–H groups in total. The zero-order valence-corrected chi connectivity index (χ0v) is 12.2. The molecule has 0 unspecified atom stereocenters. The monoisotopic (exact) mass is 282 g/mol. The van der Waals surface area contributed by atoms with Gasteiger partial charge < -0.3 is 4.74 Å². The van der Waals surface area contributed by atoms with Gasteiger partial charge in [0.1, 0.15) is 5.75 Å². The molecular formula is C17H14O2S. The fourth-order valence-electron chi connectivity index (χ4n) is 2.34. The Morgan fingerprint density at radius 2 is 1.75 bits per heavy atom. The van der Waals surface area contributed by atoms with Crippen LogP contribution in [-0.2, 0) is 0 Å². The topological polar surface area (TPSA) is 26.3 Å². The highest BCUT2D eigenvalue weighted by molar-refractivity contribution is 7.14. The van der Waals surface area contributed by atoms with E-state index in [1.54, 1.807) is 7.11 Å². The van der Waals surface area contributed by atoms with Crippen LogP contribution >= 0.6 is 11.3 Å². The van der Waals surface area contributed by atoms with Crippen molar-refractivity contribution in [3.05, 3.63) is 63.8 Å². The van der Waals surface area contributed by atoms with Gasteiger partial charge in [-0.15, -0.1) is 11.3 Å². The summed E-state index contributed by atoms with van der Waals surface area (Å²) in [6, 6.07) is 15.4. The molecule has 2 nitrogen and oxygen atoms in total. The van der Waals surface area contributed by atoms with Crippen LogP contribution in [0.4, 0.5) is 0 Å². The molecular weight excluding hydrogens is 268 g/mol. The van der Waals surface area contributed by atoms with Gasteiger partial charge in [0.05, 0.1) is 12.0 Å². The molecule has 3 rings (SSSR count). The molecule has 3 aromatic rings. The molecule has 0 aliphatic rings. The van der Waals surface area contributed by atoms with Gasteiger partial charge in [-0.1, -0.05) is 24.3 Å². The van der Waals surface area contributed by atoms with E-state index < -0.39 is 0 Å². The van der Waals surface area contributed by atoms with E-state index in [1.165, 1.54) is 11.3 Å². The Bertz CT molecular complexity index is 787. The number of hydrogen-bond donors (Lipinski definition) is 0. The molecule has 0 saturated carbocycles. The Balaban J connectivity index is 2.20. The summed E-state index contributed by atoms with van der Waals surface area (Å²) in [5, 5.41) is 1.90. The van der Waals surface area contributed by atoms with E-state index in [4.69, 9.17) is 4.74 Å². The molecule has 100 valence electrons. The average molecular weight is 282 g/mol. The molecule has 0 aliphatic carbocycles. The van der Waals surface area contributed by atoms with Gasteiger partial charge in [0.15, 0.2) is 0 Å². The highest BCUT2D eigenvalue weighted by Crippen LogP contribution is 2.30. The minimum atomic E-state index is 0.0713. The zero-order valence-electron chi connectivity index (χ0n) is 11.3. The van der Waals surface area contributed by atoms with Crippen molar-refractivity contribution < 1.29 is 9.53 Å². The molecule has 0 atom stereocenters. The lowest BCUT2D eigenvalue weighted by Crippen LogP contribution is -2.00. The number of carbonyl (C=O) groups excluding carboxylic acids is 1. The van der Waals surface area contributed by atoms with Gasteiger partial charge in [0.25, 0.3) is 0 Å². The van der Waals surface area contributed by atoms with E-state index in [0.29, 0.717) is 0 Å². The van der Waals surface area contributed by atoms with Gasteiger partial charge in [-0.25, -0.2) is 0 Å². The third kappa shape index (κ3) is 2.10. The van der Waals surface area contributed by atoms with Crippen molar-refractivity contribution in [1.29, 1.82) is 0 Å². The lowest BCUT2D eigenvalue weighted by atomic mass is 10.00. The molecule has 0 amide bonds. The summed E-state index contributed by atoms with van der Waals surface area (Å²) in [6.07, 6.45) is 0. The van der Waals surface area contributed by atoms with Crippen molar-refractivity contribution in [3.8, 4) is 5.75 Å². The van der Waals surface area contributed by atoms with E-state index >= 15 is 0 Å². The molecule has 1 aromatic heterocycles. The first kappa shape index (κ1) is 12.9. The Labute approximate surface area is 121 Å². The lowest BCUT2D eigenvalue weighted by molar-refractivity contribution is 0.104. The number of ketones is 1. The van der Waals surface area contributed by atoms with Crippen molar-refractivity contribution in [3.63, 3.8) is 0 Å². The molecule has 0 spiro atoms. The number of carbonyl (C=O) groups is 1. The summed E-state index contributed by atoms with van der Waals surface area (Å²) < 4.78 is 5.36. The second kappa shape index (κ2) is 5.10. The number of fused-ring (bicyclic) bond motifs is 1. The Morgan fingerprint density at radius 1 is 1.00 bits per heavy atom. The largest absolute Gasteiger partial charge is 0.496 e. The third-order valence-corrected chi connectivity index (χ3v) is 4.31. The smallest absolute Gasteiger partial charge is 0.203 e. The normalized spacial score (nSPS) is 10.7. The van der Waals surface area contributed by atoms with Gasteiger partial charge in [-0.3, -0.25) is 4.79 Å². The maximum Gasteiger partial charge on any atom is 0.203 e. The van der Waals surface area contributed by atoms with E-state index in [0.717, 1.165) is 31.8 Å². The summed E-state index contributed by atoms with van der Waals surface area (Å²) in [5.74, 6) is 0.862. The standard InChI is InChI=1S/C17H14O2S/c1-11-7-10-16(20-11)17(18)14-8-9-15(19-2)13-6-4-3-5-12(13)14/h3-10H,1-2H3. The Kier molecular flexibility index (Phi) is 3.28.